The minimum absolute atomic E-state index is 0.0462. The van der Waals surface area contributed by atoms with E-state index in [-0.39, 0.29) is 18.2 Å². The molecule has 34 heavy (non-hydrogen) atoms. The van der Waals surface area contributed by atoms with Crippen LogP contribution in [0.15, 0.2) is 53.9 Å². The smallest absolute Gasteiger partial charge is 0.257 e. The fraction of sp³-hybridized carbons (Fsp3) is 0.320. The van der Waals surface area contributed by atoms with Crippen molar-refractivity contribution in [2.75, 3.05) is 45.7 Å². The van der Waals surface area contributed by atoms with E-state index in [4.69, 9.17) is 9.47 Å². The van der Waals surface area contributed by atoms with Crippen molar-refractivity contribution in [3.63, 3.8) is 0 Å². The van der Waals surface area contributed by atoms with Gasteiger partial charge in [-0.1, -0.05) is 18.2 Å². The van der Waals surface area contributed by atoms with E-state index in [1.807, 2.05) is 46.7 Å². The van der Waals surface area contributed by atoms with E-state index in [9.17, 15) is 9.59 Å². The first kappa shape index (κ1) is 23.7. The highest BCUT2D eigenvalue weighted by Crippen LogP contribution is 2.26. The number of carbonyl (C=O) groups is 2. The zero-order valence-electron chi connectivity index (χ0n) is 19.3. The Morgan fingerprint density at radius 2 is 1.79 bits per heavy atom. The van der Waals surface area contributed by atoms with Gasteiger partial charge < -0.3 is 14.4 Å². The summed E-state index contributed by atoms with van der Waals surface area (Å²) in [6.45, 7) is 3.61. The topological polar surface area (TPSA) is 84.0 Å². The number of anilines is 1. The van der Waals surface area contributed by atoms with Crippen LogP contribution < -0.4 is 14.8 Å². The molecule has 2 aromatic carbocycles. The van der Waals surface area contributed by atoms with Gasteiger partial charge in [0.1, 0.15) is 11.5 Å². The molecule has 1 N–H and O–H groups in total. The van der Waals surface area contributed by atoms with Gasteiger partial charge in [0.25, 0.3) is 5.91 Å². The van der Waals surface area contributed by atoms with Crippen LogP contribution in [-0.4, -0.2) is 67.0 Å². The first-order valence-corrected chi connectivity index (χ1v) is 12.0. The number of nitrogens with zero attached hydrogens (tertiary/aromatic N) is 3. The molecule has 1 aromatic heterocycles. The van der Waals surface area contributed by atoms with E-state index in [1.165, 1.54) is 11.3 Å². The van der Waals surface area contributed by atoms with E-state index in [2.05, 4.69) is 15.2 Å². The Labute approximate surface area is 203 Å². The average molecular weight is 481 g/mol. The highest BCUT2D eigenvalue weighted by atomic mass is 32.1. The summed E-state index contributed by atoms with van der Waals surface area (Å²) in [5.74, 6) is 1.46. The molecule has 0 bridgehead atoms. The van der Waals surface area contributed by atoms with Gasteiger partial charge in [-0.3, -0.25) is 19.8 Å². The third kappa shape index (κ3) is 5.92. The highest BCUT2D eigenvalue weighted by molar-refractivity contribution is 7.14. The van der Waals surface area contributed by atoms with Gasteiger partial charge in [-0.05, 0) is 30.3 Å². The largest absolute Gasteiger partial charge is 0.497 e. The summed E-state index contributed by atoms with van der Waals surface area (Å²) in [5.41, 5.74) is 2.30. The first-order chi connectivity index (χ1) is 16.6. The van der Waals surface area contributed by atoms with Crippen molar-refractivity contribution in [3.8, 4) is 11.5 Å². The number of piperazine rings is 1. The number of methoxy groups -OCH3 is 2. The second kappa shape index (κ2) is 11.1. The molecule has 9 heteroatoms. The van der Waals surface area contributed by atoms with E-state index in [0.717, 1.165) is 36.7 Å². The van der Waals surface area contributed by atoms with Crippen molar-refractivity contribution in [2.24, 2.45) is 0 Å². The molecule has 1 saturated heterocycles. The molecule has 0 aliphatic carbocycles. The summed E-state index contributed by atoms with van der Waals surface area (Å²) < 4.78 is 10.8. The molecule has 1 aliphatic rings. The standard InChI is InChI=1S/C25H28N4O4S/c1-32-21-8-9-22(33-2)19(14-21)16-28-10-12-29(13-11-28)23(30)15-20-17-34-25(26-20)27-24(31)18-6-4-3-5-7-18/h3-9,14,17H,10-13,15-16H2,1-2H3,(H,26,27,31). The Balaban J connectivity index is 1.27. The Bertz CT molecular complexity index is 1130. The van der Waals surface area contributed by atoms with Gasteiger partial charge in [-0.2, -0.15) is 0 Å². The first-order valence-electron chi connectivity index (χ1n) is 11.1. The Kier molecular flexibility index (Phi) is 7.76. The van der Waals surface area contributed by atoms with E-state index in [0.29, 0.717) is 29.5 Å². The molecule has 0 unspecified atom stereocenters. The number of thiazole rings is 1. The molecule has 0 saturated carbocycles. The van der Waals surface area contributed by atoms with Crippen LogP contribution in [-0.2, 0) is 17.8 Å². The maximum atomic E-state index is 12.8. The Hall–Kier alpha value is -3.43. The summed E-state index contributed by atoms with van der Waals surface area (Å²) >= 11 is 1.33. The maximum Gasteiger partial charge on any atom is 0.257 e. The molecular formula is C25H28N4O4S. The molecular weight excluding hydrogens is 452 g/mol. The lowest BCUT2D eigenvalue weighted by molar-refractivity contribution is -0.132. The second-order valence-electron chi connectivity index (χ2n) is 7.98. The van der Waals surface area contributed by atoms with E-state index < -0.39 is 0 Å². The van der Waals surface area contributed by atoms with Crippen LogP contribution in [0.25, 0.3) is 0 Å². The molecule has 178 valence electrons. The molecule has 0 atom stereocenters. The van der Waals surface area contributed by atoms with Gasteiger partial charge in [-0.25, -0.2) is 4.98 Å². The molecule has 2 amide bonds. The molecule has 0 spiro atoms. The molecule has 4 rings (SSSR count). The predicted molar refractivity (Wildman–Crippen MR) is 132 cm³/mol. The predicted octanol–water partition coefficient (Wildman–Crippen LogP) is 3.30. The highest BCUT2D eigenvalue weighted by Gasteiger charge is 2.23. The van der Waals surface area contributed by atoms with Crippen molar-refractivity contribution in [1.82, 2.24) is 14.8 Å². The van der Waals surface area contributed by atoms with Crippen LogP contribution in [0, 0.1) is 0 Å². The summed E-state index contributed by atoms with van der Waals surface area (Å²) in [4.78, 5) is 33.7. The molecule has 8 nitrogen and oxygen atoms in total. The average Bonchev–Trinajstić information content (AvgIpc) is 3.31. The molecule has 1 fully saturated rings. The van der Waals surface area contributed by atoms with Crippen LogP contribution in [0.2, 0.25) is 0 Å². The van der Waals surface area contributed by atoms with Gasteiger partial charge >= 0.3 is 0 Å². The molecule has 1 aliphatic heterocycles. The van der Waals surface area contributed by atoms with Crippen LogP contribution in [0.3, 0.4) is 0 Å². The van der Waals surface area contributed by atoms with E-state index in [1.54, 1.807) is 26.4 Å². The fourth-order valence-electron chi connectivity index (χ4n) is 3.87. The number of ether oxygens (including phenoxy) is 2. The second-order valence-corrected chi connectivity index (χ2v) is 8.83. The Morgan fingerprint density at radius 1 is 1.03 bits per heavy atom. The summed E-state index contributed by atoms with van der Waals surface area (Å²) in [5, 5.41) is 5.11. The van der Waals surface area contributed by atoms with Gasteiger partial charge in [0.15, 0.2) is 5.13 Å². The molecule has 3 aromatic rings. The quantitative estimate of drug-likeness (QED) is 0.533. The maximum absolute atomic E-state index is 12.8. The fourth-order valence-corrected chi connectivity index (χ4v) is 4.58. The summed E-state index contributed by atoms with van der Waals surface area (Å²) in [6, 6.07) is 14.8. The minimum Gasteiger partial charge on any atom is -0.497 e. The van der Waals surface area contributed by atoms with E-state index >= 15 is 0 Å². The summed E-state index contributed by atoms with van der Waals surface area (Å²) in [7, 11) is 3.32. The number of hydrogen-bond acceptors (Lipinski definition) is 7. The number of benzene rings is 2. The summed E-state index contributed by atoms with van der Waals surface area (Å²) in [6.07, 6.45) is 0.224. The van der Waals surface area contributed by atoms with Gasteiger partial charge in [0.2, 0.25) is 5.91 Å². The van der Waals surface area contributed by atoms with Crippen LogP contribution in [0.4, 0.5) is 5.13 Å². The Morgan fingerprint density at radius 3 is 2.50 bits per heavy atom. The van der Waals surface area contributed by atoms with Crippen LogP contribution in [0.5, 0.6) is 11.5 Å². The zero-order chi connectivity index (χ0) is 23.9. The van der Waals surface area contributed by atoms with Crippen LogP contribution >= 0.6 is 11.3 Å². The van der Waals surface area contributed by atoms with Gasteiger partial charge in [0.05, 0.1) is 26.3 Å². The van der Waals surface area contributed by atoms with Crippen molar-refractivity contribution >= 4 is 28.3 Å². The minimum atomic E-state index is -0.211. The lowest BCUT2D eigenvalue weighted by atomic mass is 10.1. The van der Waals surface area contributed by atoms with Crippen molar-refractivity contribution < 1.29 is 19.1 Å². The van der Waals surface area contributed by atoms with Crippen LogP contribution in [0.1, 0.15) is 21.6 Å². The lowest BCUT2D eigenvalue weighted by Gasteiger charge is -2.35. The van der Waals surface area contributed by atoms with Gasteiger partial charge in [-0.15, -0.1) is 11.3 Å². The number of amides is 2. The van der Waals surface area contributed by atoms with Gasteiger partial charge in [0, 0.05) is 49.2 Å². The number of carbonyl (C=O) groups excluding carboxylic acids is 2. The normalized spacial score (nSPS) is 14.0. The SMILES string of the molecule is COc1ccc(OC)c(CN2CCN(C(=O)Cc3csc(NC(=O)c4ccccc4)n3)CC2)c1. The monoisotopic (exact) mass is 480 g/mol. The van der Waals surface area contributed by atoms with Crippen molar-refractivity contribution in [1.29, 1.82) is 0 Å². The molecule has 0 radical (unpaired) electrons. The van der Waals surface area contributed by atoms with Crippen molar-refractivity contribution in [2.45, 2.75) is 13.0 Å². The number of hydrogen-bond donors (Lipinski definition) is 1. The van der Waals surface area contributed by atoms with Crippen molar-refractivity contribution in [3.05, 3.63) is 70.7 Å². The number of aromatic nitrogens is 1. The lowest BCUT2D eigenvalue weighted by Crippen LogP contribution is -2.48. The number of nitrogens with one attached hydrogen (secondary N) is 1. The third-order valence-electron chi connectivity index (χ3n) is 5.75. The zero-order valence-corrected chi connectivity index (χ0v) is 20.1. The third-order valence-corrected chi connectivity index (χ3v) is 6.55. The molecule has 2 heterocycles. The number of rotatable bonds is 8.